The van der Waals surface area contributed by atoms with Gasteiger partial charge >= 0.3 is 0 Å². The molecule has 0 unspecified atom stereocenters. The number of carbonyl (C=O) groups is 1. The molecule has 0 radical (unpaired) electrons. The van der Waals surface area contributed by atoms with Crippen LogP contribution >= 0.6 is 11.3 Å². The second-order valence-electron chi connectivity index (χ2n) is 10.8. The third kappa shape index (κ3) is 5.42. The van der Waals surface area contributed by atoms with Gasteiger partial charge in [-0.15, -0.1) is 11.3 Å². The number of ether oxygens (including phenoxy) is 1. The molecule has 2 aliphatic heterocycles. The summed E-state index contributed by atoms with van der Waals surface area (Å²) >= 11 is 1.72. The number of morpholine rings is 1. The van der Waals surface area contributed by atoms with Crippen molar-refractivity contribution in [3.05, 3.63) is 70.9 Å². The van der Waals surface area contributed by atoms with Crippen LogP contribution in [0.15, 0.2) is 69.9 Å². The molecule has 0 bridgehead atoms. The lowest BCUT2D eigenvalue weighted by atomic mass is 9.97. The number of nitrogens with zero attached hydrogens (tertiary/aromatic N) is 2. The second kappa shape index (κ2) is 12.3. The number of piperidine rings is 1. The van der Waals surface area contributed by atoms with Crippen molar-refractivity contribution in [1.29, 1.82) is 0 Å². The highest BCUT2D eigenvalue weighted by molar-refractivity contribution is 7.26. The molecule has 0 saturated carbocycles. The summed E-state index contributed by atoms with van der Waals surface area (Å²) in [4.78, 5) is 30.4. The molecule has 2 fully saturated rings. The minimum atomic E-state index is -0.0438. The Hall–Kier alpha value is -3.72. The van der Waals surface area contributed by atoms with Gasteiger partial charge < -0.3 is 24.3 Å². The van der Waals surface area contributed by atoms with E-state index in [-0.39, 0.29) is 17.3 Å². The molecular formula is C34H37N3O4S. The van der Waals surface area contributed by atoms with Crippen molar-refractivity contribution in [3.63, 3.8) is 0 Å². The van der Waals surface area contributed by atoms with Crippen LogP contribution in [0.25, 0.3) is 42.3 Å². The smallest absolute Gasteiger partial charge is 0.228 e. The first-order chi connectivity index (χ1) is 20.5. The Bertz CT molecular complexity index is 1800. The molecular weight excluding hydrogens is 546 g/mol. The summed E-state index contributed by atoms with van der Waals surface area (Å²) in [7, 11) is 2.07. The van der Waals surface area contributed by atoms with E-state index in [2.05, 4.69) is 52.5 Å². The first-order valence-corrected chi connectivity index (χ1v) is 15.7. The summed E-state index contributed by atoms with van der Waals surface area (Å²) in [5.41, 5.74) is 3.31. The zero-order valence-electron chi connectivity index (χ0n) is 24.4. The van der Waals surface area contributed by atoms with Gasteiger partial charge in [0, 0.05) is 62.7 Å². The molecule has 4 heterocycles. The van der Waals surface area contributed by atoms with Gasteiger partial charge in [-0.25, -0.2) is 0 Å². The van der Waals surface area contributed by atoms with Crippen LogP contribution < -0.4 is 15.6 Å². The molecule has 3 aromatic carbocycles. The van der Waals surface area contributed by atoms with Crippen LogP contribution in [0.5, 0.6) is 0 Å². The van der Waals surface area contributed by atoms with Gasteiger partial charge in [0.25, 0.3) is 0 Å². The third-order valence-electron chi connectivity index (χ3n) is 8.11. The number of nitrogens with one attached hydrogen (secondary N) is 1. The summed E-state index contributed by atoms with van der Waals surface area (Å²) in [6, 6.07) is 19.8. The van der Waals surface area contributed by atoms with Gasteiger partial charge in [-0.3, -0.25) is 9.59 Å². The molecule has 7 nitrogen and oxygen atoms in total. The highest BCUT2D eigenvalue weighted by atomic mass is 32.1. The van der Waals surface area contributed by atoms with E-state index in [0.717, 1.165) is 62.9 Å². The van der Waals surface area contributed by atoms with Crippen LogP contribution in [0, 0.1) is 5.92 Å². The van der Waals surface area contributed by atoms with Gasteiger partial charge in [0.05, 0.1) is 24.5 Å². The van der Waals surface area contributed by atoms with E-state index < -0.39 is 0 Å². The maximum atomic E-state index is 13.1. The Labute approximate surface area is 249 Å². The van der Waals surface area contributed by atoms with E-state index >= 15 is 0 Å². The molecule has 5 aromatic rings. The molecule has 2 saturated heterocycles. The Kier molecular flexibility index (Phi) is 8.29. The number of fused-ring (bicyclic) bond motifs is 4. The molecule has 2 aromatic heterocycles. The largest absolute Gasteiger partial charge is 0.440 e. The van der Waals surface area contributed by atoms with E-state index in [1.165, 1.54) is 0 Å². The molecule has 1 atom stereocenters. The van der Waals surface area contributed by atoms with Gasteiger partial charge in [-0.1, -0.05) is 44.2 Å². The van der Waals surface area contributed by atoms with Crippen molar-refractivity contribution in [1.82, 2.24) is 4.90 Å². The summed E-state index contributed by atoms with van der Waals surface area (Å²) < 4.78 is 14.2. The van der Waals surface area contributed by atoms with Crippen LogP contribution in [0.3, 0.4) is 0 Å². The van der Waals surface area contributed by atoms with Crippen LogP contribution in [0.1, 0.15) is 26.7 Å². The Balaban J connectivity index is 0.00000155. The zero-order chi connectivity index (χ0) is 29.2. The lowest BCUT2D eigenvalue weighted by molar-refractivity contribution is -0.121. The van der Waals surface area contributed by atoms with Gasteiger partial charge in [0.15, 0.2) is 11.3 Å². The quantitative estimate of drug-likeness (QED) is 0.246. The normalized spacial score (nSPS) is 17.8. The summed E-state index contributed by atoms with van der Waals surface area (Å²) in [6.07, 6.45) is 1.98. The SMILES string of the molecule is CC.CN1CCC[C@H](C(=O)Nc2ccc3sc4c(-c5cccc6c(=O)cc(N7CCOCC7)oc56)cccc4c3c2)C1. The summed E-state index contributed by atoms with van der Waals surface area (Å²) in [5, 5.41) is 5.97. The summed E-state index contributed by atoms with van der Waals surface area (Å²) in [6.45, 7) is 8.47. The predicted molar refractivity (Wildman–Crippen MR) is 174 cm³/mol. The van der Waals surface area contributed by atoms with Crippen molar-refractivity contribution in [3.8, 4) is 11.1 Å². The number of likely N-dealkylation sites (tertiary alicyclic amines) is 1. The predicted octanol–water partition coefficient (Wildman–Crippen LogP) is 6.97. The van der Waals surface area contributed by atoms with Crippen molar-refractivity contribution >= 4 is 60.0 Å². The highest BCUT2D eigenvalue weighted by Gasteiger charge is 2.24. The van der Waals surface area contributed by atoms with Crippen molar-refractivity contribution in [2.24, 2.45) is 5.92 Å². The van der Waals surface area contributed by atoms with Gasteiger partial charge in [-0.2, -0.15) is 0 Å². The first-order valence-electron chi connectivity index (χ1n) is 14.9. The Morgan fingerprint density at radius 3 is 2.48 bits per heavy atom. The Morgan fingerprint density at radius 1 is 0.929 bits per heavy atom. The monoisotopic (exact) mass is 583 g/mol. The number of para-hydroxylation sites is 1. The lowest BCUT2D eigenvalue weighted by Gasteiger charge is -2.28. The number of carbonyl (C=O) groups excluding carboxylic acids is 1. The van der Waals surface area contributed by atoms with Crippen molar-refractivity contribution in [2.75, 3.05) is 56.7 Å². The molecule has 1 N–H and O–H groups in total. The molecule has 0 aliphatic carbocycles. The number of benzene rings is 3. The topological polar surface area (TPSA) is 75.0 Å². The third-order valence-corrected chi connectivity index (χ3v) is 9.33. The highest BCUT2D eigenvalue weighted by Crippen LogP contribution is 2.42. The number of hydrogen-bond donors (Lipinski definition) is 1. The number of rotatable bonds is 4. The fraction of sp³-hybridized carbons (Fsp3) is 0.353. The van der Waals surface area contributed by atoms with E-state index in [0.29, 0.717) is 43.2 Å². The van der Waals surface area contributed by atoms with Crippen LogP contribution in [-0.4, -0.2) is 57.2 Å². The van der Waals surface area contributed by atoms with E-state index in [9.17, 15) is 9.59 Å². The average Bonchev–Trinajstić information content (AvgIpc) is 3.40. The number of hydrogen-bond acceptors (Lipinski definition) is 7. The van der Waals surface area contributed by atoms with Crippen molar-refractivity contribution < 1.29 is 13.9 Å². The van der Waals surface area contributed by atoms with E-state index in [4.69, 9.17) is 9.15 Å². The van der Waals surface area contributed by atoms with Crippen LogP contribution in [0.4, 0.5) is 11.6 Å². The Morgan fingerprint density at radius 2 is 1.69 bits per heavy atom. The van der Waals surface area contributed by atoms with E-state index in [1.807, 2.05) is 38.1 Å². The first kappa shape index (κ1) is 28.4. The van der Waals surface area contributed by atoms with Crippen molar-refractivity contribution in [2.45, 2.75) is 26.7 Å². The molecule has 0 spiro atoms. The fourth-order valence-corrected chi connectivity index (χ4v) is 7.24. The molecule has 42 heavy (non-hydrogen) atoms. The second-order valence-corrected chi connectivity index (χ2v) is 11.9. The van der Waals surface area contributed by atoms with E-state index in [1.54, 1.807) is 17.4 Å². The van der Waals surface area contributed by atoms with Gasteiger partial charge in [0.2, 0.25) is 5.91 Å². The minimum absolute atomic E-state index is 0.0173. The molecule has 8 heteroatoms. The number of amides is 1. The van der Waals surface area contributed by atoms with Crippen LogP contribution in [-0.2, 0) is 9.53 Å². The standard InChI is InChI=1S/C32H31N3O4S.C2H6/c1-34-12-4-5-20(19-34)32(37)33-21-10-11-28-26(17-21)24-8-3-7-23(31(24)40-28)22-6-2-9-25-27(36)18-29(39-30(22)25)35-13-15-38-16-14-35;1-2/h2-3,6-11,17-18,20H,4-5,12-16,19H2,1H3,(H,33,37);1-2H3/t20-;/m0./s1. The molecule has 218 valence electrons. The minimum Gasteiger partial charge on any atom is -0.440 e. The number of anilines is 2. The van der Waals surface area contributed by atoms with Crippen LogP contribution in [0.2, 0.25) is 0 Å². The maximum Gasteiger partial charge on any atom is 0.228 e. The molecule has 2 aliphatic rings. The molecule has 1 amide bonds. The average molecular weight is 584 g/mol. The van der Waals surface area contributed by atoms with Gasteiger partial charge in [-0.05, 0) is 50.7 Å². The number of thiophene rings is 1. The maximum absolute atomic E-state index is 13.1. The lowest BCUT2D eigenvalue weighted by Crippen LogP contribution is -2.38. The zero-order valence-corrected chi connectivity index (χ0v) is 25.3. The molecule has 7 rings (SSSR count). The fourth-order valence-electron chi connectivity index (χ4n) is 6.03. The van der Waals surface area contributed by atoms with Gasteiger partial charge in [0.1, 0.15) is 5.58 Å². The summed E-state index contributed by atoms with van der Waals surface area (Å²) in [5.74, 6) is 0.693.